The molecule has 0 saturated carbocycles. The van der Waals surface area contributed by atoms with E-state index in [2.05, 4.69) is 24.1 Å². The summed E-state index contributed by atoms with van der Waals surface area (Å²) in [6.45, 7) is 4.46. The molecule has 1 amide bonds. The summed E-state index contributed by atoms with van der Waals surface area (Å²) in [6.07, 6.45) is -1.22. The number of benzene rings is 1. The van der Waals surface area contributed by atoms with Crippen molar-refractivity contribution < 1.29 is 14.6 Å². The molecule has 0 radical (unpaired) electrons. The molecule has 1 aromatic carbocycles. The normalized spacial score (nSPS) is 12.2. The van der Waals surface area contributed by atoms with Gasteiger partial charge in [0.25, 0.3) is 5.91 Å². The number of rotatable bonds is 6. The largest absolute Gasteiger partial charge is 0.497 e. The fourth-order valence-electron chi connectivity index (χ4n) is 1.89. The zero-order valence-corrected chi connectivity index (χ0v) is 13.7. The third-order valence-electron chi connectivity index (χ3n) is 3.23. The third kappa shape index (κ3) is 4.05. The lowest BCUT2D eigenvalue weighted by Gasteiger charge is -2.12. The molecule has 1 heterocycles. The van der Waals surface area contributed by atoms with Crippen LogP contribution in [-0.4, -0.2) is 23.1 Å². The number of aliphatic hydroxyl groups is 1. The van der Waals surface area contributed by atoms with Crippen LogP contribution in [0.2, 0.25) is 0 Å². The molecular weight excluding hydrogens is 300 g/mol. The minimum absolute atomic E-state index is 0.317. The Kier molecular flexibility index (Phi) is 5.51. The van der Waals surface area contributed by atoms with Crippen LogP contribution in [0.1, 0.15) is 42.1 Å². The molecule has 2 N–H and O–H groups in total. The molecule has 0 aliphatic heterocycles. The number of carbonyl (C=O) groups excluding carboxylic acids is 1. The van der Waals surface area contributed by atoms with E-state index < -0.39 is 12.0 Å². The van der Waals surface area contributed by atoms with Gasteiger partial charge in [0.15, 0.2) is 6.10 Å². The van der Waals surface area contributed by atoms with Crippen LogP contribution < -0.4 is 10.1 Å². The van der Waals surface area contributed by atoms with Crippen LogP contribution in [0.3, 0.4) is 0 Å². The van der Waals surface area contributed by atoms with Gasteiger partial charge in [-0.1, -0.05) is 26.0 Å². The first-order chi connectivity index (χ1) is 10.5. The number of aliphatic hydroxyl groups excluding tert-OH is 1. The zero-order chi connectivity index (χ0) is 16.1. The predicted octanol–water partition coefficient (Wildman–Crippen LogP) is 2.62. The highest BCUT2D eigenvalue weighted by Crippen LogP contribution is 2.20. The SMILES string of the molecule is COc1cccc(C(O)C(=O)NCc2nc(C(C)C)cs2)c1. The minimum atomic E-state index is -1.22. The van der Waals surface area contributed by atoms with Crippen molar-refractivity contribution in [3.63, 3.8) is 0 Å². The van der Waals surface area contributed by atoms with E-state index in [4.69, 9.17) is 4.74 Å². The van der Waals surface area contributed by atoms with Gasteiger partial charge in [0, 0.05) is 5.38 Å². The number of hydrogen-bond acceptors (Lipinski definition) is 5. The molecule has 0 spiro atoms. The Balaban J connectivity index is 1.95. The molecule has 0 aliphatic rings. The fourth-order valence-corrected chi connectivity index (χ4v) is 2.79. The summed E-state index contributed by atoms with van der Waals surface area (Å²) in [5.41, 5.74) is 1.52. The van der Waals surface area contributed by atoms with Gasteiger partial charge in [0.2, 0.25) is 0 Å². The number of hydrogen-bond donors (Lipinski definition) is 2. The second-order valence-corrected chi connectivity index (χ2v) is 6.16. The summed E-state index contributed by atoms with van der Waals surface area (Å²) in [4.78, 5) is 16.5. The standard InChI is InChI=1S/C16H20N2O3S/c1-10(2)13-9-22-14(18-13)8-17-16(20)15(19)11-5-4-6-12(7-11)21-3/h4-7,9-10,15,19H,8H2,1-3H3,(H,17,20). The molecule has 22 heavy (non-hydrogen) atoms. The van der Waals surface area contributed by atoms with Crippen LogP contribution in [0, 0.1) is 0 Å². The Labute approximate surface area is 134 Å². The van der Waals surface area contributed by atoms with Gasteiger partial charge in [-0.2, -0.15) is 0 Å². The third-order valence-corrected chi connectivity index (χ3v) is 4.10. The fraction of sp³-hybridized carbons (Fsp3) is 0.375. The molecule has 0 fully saturated rings. The minimum Gasteiger partial charge on any atom is -0.497 e. The zero-order valence-electron chi connectivity index (χ0n) is 12.9. The van der Waals surface area contributed by atoms with Gasteiger partial charge < -0.3 is 15.2 Å². The lowest BCUT2D eigenvalue weighted by Crippen LogP contribution is -2.28. The van der Waals surface area contributed by atoms with Gasteiger partial charge in [-0.25, -0.2) is 4.98 Å². The van der Waals surface area contributed by atoms with E-state index in [1.54, 1.807) is 31.4 Å². The Morgan fingerprint density at radius 1 is 1.45 bits per heavy atom. The van der Waals surface area contributed by atoms with Crippen LogP contribution in [0.4, 0.5) is 0 Å². The predicted molar refractivity (Wildman–Crippen MR) is 86.0 cm³/mol. The first-order valence-corrected chi connectivity index (χ1v) is 7.93. The van der Waals surface area contributed by atoms with Crippen LogP contribution in [0.25, 0.3) is 0 Å². The second-order valence-electron chi connectivity index (χ2n) is 5.22. The Morgan fingerprint density at radius 3 is 2.86 bits per heavy atom. The van der Waals surface area contributed by atoms with Gasteiger partial charge in [-0.3, -0.25) is 4.79 Å². The number of thiazole rings is 1. The maximum Gasteiger partial charge on any atom is 0.253 e. The number of methoxy groups -OCH3 is 1. The van der Waals surface area contributed by atoms with E-state index in [1.165, 1.54) is 11.3 Å². The molecule has 118 valence electrons. The molecule has 6 heteroatoms. The quantitative estimate of drug-likeness (QED) is 0.858. The van der Waals surface area contributed by atoms with E-state index >= 15 is 0 Å². The van der Waals surface area contributed by atoms with Gasteiger partial charge >= 0.3 is 0 Å². The number of nitrogens with one attached hydrogen (secondary N) is 1. The highest BCUT2D eigenvalue weighted by molar-refractivity contribution is 7.09. The monoisotopic (exact) mass is 320 g/mol. The lowest BCUT2D eigenvalue weighted by atomic mass is 10.1. The smallest absolute Gasteiger partial charge is 0.253 e. The van der Waals surface area contributed by atoms with Crippen molar-refractivity contribution in [1.29, 1.82) is 0 Å². The summed E-state index contributed by atoms with van der Waals surface area (Å²) in [6, 6.07) is 6.83. The van der Waals surface area contributed by atoms with Crippen LogP contribution in [-0.2, 0) is 11.3 Å². The number of ether oxygens (including phenoxy) is 1. The Bertz CT molecular complexity index is 640. The van der Waals surface area contributed by atoms with Gasteiger partial charge in [0.1, 0.15) is 10.8 Å². The summed E-state index contributed by atoms with van der Waals surface area (Å²) in [5, 5.41) is 15.6. The Hall–Kier alpha value is -1.92. The van der Waals surface area contributed by atoms with Crippen molar-refractivity contribution in [2.45, 2.75) is 32.4 Å². The van der Waals surface area contributed by atoms with Gasteiger partial charge in [0.05, 0.1) is 19.3 Å². The van der Waals surface area contributed by atoms with Gasteiger partial charge in [-0.15, -0.1) is 11.3 Å². The van der Waals surface area contributed by atoms with Crippen LogP contribution >= 0.6 is 11.3 Å². The molecule has 1 aromatic heterocycles. The number of aromatic nitrogens is 1. The first kappa shape index (κ1) is 16.5. The number of amides is 1. The number of carbonyl (C=O) groups is 1. The highest BCUT2D eigenvalue weighted by atomic mass is 32.1. The van der Waals surface area contributed by atoms with Crippen LogP contribution in [0.5, 0.6) is 5.75 Å². The molecule has 1 unspecified atom stereocenters. The van der Waals surface area contributed by atoms with Crippen LogP contribution in [0.15, 0.2) is 29.6 Å². The maximum absolute atomic E-state index is 12.0. The van der Waals surface area contributed by atoms with Crippen molar-refractivity contribution in [3.8, 4) is 5.75 Å². The Morgan fingerprint density at radius 2 is 2.23 bits per heavy atom. The van der Waals surface area contributed by atoms with E-state index in [9.17, 15) is 9.90 Å². The average Bonchev–Trinajstić information content (AvgIpc) is 3.01. The van der Waals surface area contributed by atoms with Crippen molar-refractivity contribution in [2.24, 2.45) is 0 Å². The molecule has 0 saturated heterocycles. The van der Waals surface area contributed by atoms with E-state index in [0.29, 0.717) is 23.8 Å². The average molecular weight is 320 g/mol. The summed E-state index contributed by atoms with van der Waals surface area (Å²) in [5.74, 6) is 0.517. The number of nitrogens with zero attached hydrogens (tertiary/aromatic N) is 1. The van der Waals surface area contributed by atoms with Crippen molar-refractivity contribution in [2.75, 3.05) is 7.11 Å². The molecule has 0 aliphatic carbocycles. The second kappa shape index (κ2) is 7.38. The first-order valence-electron chi connectivity index (χ1n) is 7.05. The van der Waals surface area contributed by atoms with E-state index in [1.807, 2.05) is 5.38 Å². The van der Waals surface area contributed by atoms with Crippen molar-refractivity contribution in [1.82, 2.24) is 10.3 Å². The summed E-state index contributed by atoms with van der Waals surface area (Å²) >= 11 is 1.51. The van der Waals surface area contributed by atoms with E-state index in [0.717, 1.165) is 10.7 Å². The summed E-state index contributed by atoms with van der Waals surface area (Å²) in [7, 11) is 1.54. The molecule has 5 nitrogen and oxygen atoms in total. The molecular formula is C16H20N2O3S. The molecule has 2 aromatic rings. The maximum atomic E-state index is 12.0. The molecule has 0 bridgehead atoms. The van der Waals surface area contributed by atoms with Gasteiger partial charge in [-0.05, 0) is 23.6 Å². The molecule has 2 rings (SSSR count). The highest BCUT2D eigenvalue weighted by Gasteiger charge is 2.18. The van der Waals surface area contributed by atoms with Crippen molar-refractivity contribution in [3.05, 3.63) is 45.9 Å². The van der Waals surface area contributed by atoms with E-state index in [-0.39, 0.29) is 0 Å². The lowest BCUT2D eigenvalue weighted by molar-refractivity contribution is -0.129. The summed E-state index contributed by atoms with van der Waals surface area (Å²) < 4.78 is 5.09. The molecule has 1 atom stereocenters. The topological polar surface area (TPSA) is 71.5 Å². The van der Waals surface area contributed by atoms with Crippen molar-refractivity contribution >= 4 is 17.2 Å².